The van der Waals surface area contributed by atoms with Crippen molar-refractivity contribution in [1.82, 2.24) is 0 Å². The highest BCUT2D eigenvalue weighted by molar-refractivity contribution is 4.81. The van der Waals surface area contributed by atoms with E-state index in [1.807, 2.05) is 0 Å². The second-order valence-electron chi connectivity index (χ2n) is 2.29. The van der Waals surface area contributed by atoms with Crippen molar-refractivity contribution >= 4 is 0 Å². The average molecular weight is 159 g/mol. The van der Waals surface area contributed by atoms with Crippen molar-refractivity contribution in [3.63, 3.8) is 0 Å². The lowest BCUT2D eigenvalue weighted by atomic mass is 10.2. The van der Waals surface area contributed by atoms with E-state index in [1.54, 1.807) is 13.2 Å². The minimum atomic E-state index is 0.0533. The highest BCUT2D eigenvalue weighted by atomic mass is 16.5. The predicted molar refractivity (Wildman–Crippen MR) is 45.5 cm³/mol. The van der Waals surface area contributed by atoms with E-state index in [-0.39, 0.29) is 6.04 Å². The zero-order chi connectivity index (χ0) is 8.53. The van der Waals surface area contributed by atoms with Gasteiger partial charge in [-0.2, -0.15) is 0 Å². The van der Waals surface area contributed by atoms with E-state index in [1.165, 1.54) is 0 Å². The topological polar surface area (TPSA) is 44.5 Å². The molecule has 0 aromatic heterocycles. The van der Waals surface area contributed by atoms with Crippen LogP contribution in [-0.4, -0.2) is 33.0 Å². The maximum Gasteiger partial charge on any atom is 0.0700 e. The number of ether oxygens (including phenoxy) is 2. The third kappa shape index (κ3) is 7.52. The molecular formula is C8H17NO2. The summed E-state index contributed by atoms with van der Waals surface area (Å²) in [5, 5.41) is 0. The van der Waals surface area contributed by atoms with Crippen LogP contribution >= 0.6 is 0 Å². The van der Waals surface area contributed by atoms with Crippen LogP contribution in [0.1, 0.15) is 6.42 Å². The highest BCUT2D eigenvalue weighted by Gasteiger charge is 1.94. The third-order valence-electron chi connectivity index (χ3n) is 1.33. The minimum Gasteiger partial charge on any atom is -0.382 e. The van der Waals surface area contributed by atoms with Crippen LogP contribution in [0.15, 0.2) is 12.7 Å². The fraction of sp³-hybridized carbons (Fsp3) is 0.750. The van der Waals surface area contributed by atoms with Crippen LogP contribution in [0.2, 0.25) is 0 Å². The Labute approximate surface area is 68.2 Å². The Balaban J connectivity index is 2.95. The maximum absolute atomic E-state index is 5.56. The van der Waals surface area contributed by atoms with Crippen LogP contribution in [0.3, 0.4) is 0 Å². The molecule has 0 spiro atoms. The molecule has 0 radical (unpaired) electrons. The molecule has 0 heterocycles. The van der Waals surface area contributed by atoms with E-state index in [2.05, 4.69) is 6.58 Å². The quantitative estimate of drug-likeness (QED) is 0.436. The molecule has 0 aliphatic rings. The first-order valence-corrected chi connectivity index (χ1v) is 3.76. The Morgan fingerprint density at radius 1 is 1.45 bits per heavy atom. The highest BCUT2D eigenvalue weighted by Crippen LogP contribution is 1.89. The third-order valence-corrected chi connectivity index (χ3v) is 1.33. The predicted octanol–water partition coefficient (Wildman–Crippen LogP) is 0.553. The van der Waals surface area contributed by atoms with Gasteiger partial charge in [0.2, 0.25) is 0 Å². The molecule has 0 aliphatic carbocycles. The largest absolute Gasteiger partial charge is 0.382 e. The van der Waals surface area contributed by atoms with Gasteiger partial charge in [0.15, 0.2) is 0 Å². The molecule has 0 saturated carbocycles. The molecule has 1 atom stereocenters. The molecule has 2 N–H and O–H groups in total. The zero-order valence-electron chi connectivity index (χ0n) is 7.08. The van der Waals surface area contributed by atoms with Crippen molar-refractivity contribution in [3.05, 3.63) is 12.7 Å². The van der Waals surface area contributed by atoms with Crippen LogP contribution in [0.5, 0.6) is 0 Å². The summed E-state index contributed by atoms with van der Waals surface area (Å²) in [4.78, 5) is 0. The van der Waals surface area contributed by atoms with Gasteiger partial charge in [0, 0.05) is 19.8 Å². The molecule has 0 fully saturated rings. The Hall–Kier alpha value is -0.380. The van der Waals surface area contributed by atoms with Crippen LogP contribution in [0, 0.1) is 0 Å². The summed E-state index contributed by atoms with van der Waals surface area (Å²) >= 11 is 0. The van der Waals surface area contributed by atoms with E-state index in [9.17, 15) is 0 Å². The van der Waals surface area contributed by atoms with Crippen LogP contribution in [-0.2, 0) is 9.47 Å². The molecule has 3 heteroatoms. The fourth-order valence-corrected chi connectivity index (χ4v) is 0.582. The van der Waals surface area contributed by atoms with Gasteiger partial charge < -0.3 is 15.2 Å². The van der Waals surface area contributed by atoms with Gasteiger partial charge in [-0.1, -0.05) is 6.08 Å². The summed E-state index contributed by atoms with van der Waals surface area (Å²) in [5.41, 5.74) is 5.56. The van der Waals surface area contributed by atoms with Crippen LogP contribution in [0.25, 0.3) is 0 Å². The standard InChI is InChI=1S/C8H17NO2/c1-3-8(9)4-5-11-7-6-10-2/h3,8H,1,4-7,9H2,2H3. The second kappa shape index (κ2) is 7.72. The van der Waals surface area contributed by atoms with Gasteiger partial charge in [0.1, 0.15) is 0 Å². The van der Waals surface area contributed by atoms with Gasteiger partial charge in [-0.05, 0) is 6.42 Å². The van der Waals surface area contributed by atoms with Gasteiger partial charge in [0.25, 0.3) is 0 Å². The molecule has 1 unspecified atom stereocenters. The number of hydrogen-bond acceptors (Lipinski definition) is 3. The molecule has 3 nitrogen and oxygen atoms in total. The van der Waals surface area contributed by atoms with Gasteiger partial charge in [0.05, 0.1) is 13.2 Å². The average Bonchev–Trinajstić information content (AvgIpc) is 2.04. The van der Waals surface area contributed by atoms with E-state index in [0.29, 0.717) is 19.8 Å². The SMILES string of the molecule is C=CC(N)CCOCCOC. The lowest BCUT2D eigenvalue weighted by Crippen LogP contribution is -2.19. The normalized spacial score (nSPS) is 12.9. The maximum atomic E-state index is 5.56. The van der Waals surface area contributed by atoms with Crippen molar-refractivity contribution in [2.75, 3.05) is 26.9 Å². The summed E-state index contributed by atoms with van der Waals surface area (Å²) in [6, 6.07) is 0.0533. The molecule has 0 aromatic carbocycles. The van der Waals surface area contributed by atoms with Crippen molar-refractivity contribution in [3.8, 4) is 0 Å². The fourth-order valence-electron chi connectivity index (χ4n) is 0.582. The summed E-state index contributed by atoms with van der Waals surface area (Å²) in [7, 11) is 1.65. The molecule has 0 rings (SSSR count). The van der Waals surface area contributed by atoms with Crippen molar-refractivity contribution in [2.24, 2.45) is 5.73 Å². The Bertz CT molecular complexity index is 96.1. The lowest BCUT2D eigenvalue weighted by molar-refractivity contribution is 0.0685. The molecule has 0 saturated heterocycles. The first-order chi connectivity index (χ1) is 5.31. The summed E-state index contributed by atoms with van der Waals surface area (Å²) < 4.78 is 9.99. The number of rotatable bonds is 7. The Morgan fingerprint density at radius 2 is 2.18 bits per heavy atom. The van der Waals surface area contributed by atoms with E-state index in [0.717, 1.165) is 6.42 Å². The molecule has 66 valence electrons. The smallest absolute Gasteiger partial charge is 0.0700 e. The Morgan fingerprint density at radius 3 is 2.73 bits per heavy atom. The molecule has 0 amide bonds. The van der Waals surface area contributed by atoms with E-state index in [4.69, 9.17) is 15.2 Å². The molecule has 11 heavy (non-hydrogen) atoms. The molecular weight excluding hydrogens is 142 g/mol. The summed E-state index contributed by atoms with van der Waals surface area (Å²) in [6.07, 6.45) is 2.55. The Kier molecular flexibility index (Phi) is 7.46. The van der Waals surface area contributed by atoms with Gasteiger partial charge in [-0.3, -0.25) is 0 Å². The van der Waals surface area contributed by atoms with Gasteiger partial charge in [-0.25, -0.2) is 0 Å². The first kappa shape index (κ1) is 10.6. The van der Waals surface area contributed by atoms with E-state index >= 15 is 0 Å². The monoisotopic (exact) mass is 159 g/mol. The number of hydrogen-bond donors (Lipinski definition) is 1. The van der Waals surface area contributed by atoms with Gasteiger partial charge >= 0.3 is 0 Å². The van der Waals surface area contributed by atoms with Crippen molar-refractivity contribution < 1.29 is 9.47 Å². The summed E-state index contributed by atoms with van der Waals surface area (Å²) in [5.74, 6) is 0. The second-order valence-corrected chi connectivity index (χ2v) is 2.29. The number of methoxy groups -OCH3 is 1. The molecule has 0 aromatic rings. The van der Waals surface area contributed by atoms with Crippen molar-refractivity contribution in [2.45, 2.75) is 12.5 Å². The van der Waals surface area contributed by atoms with Gasteiger partial charge in [-0.15, -0.1) is 6.58 Å². The lowest BCUT2D eigenvalue weighted by Gasteiger charge is -2.06. The van der Waals surface area contributed by atoms with Crippen LogP contribution in [0.4, 0.5) is 0 Å². The number of nitrogens with two attached hydrogens (primary N) is 1. The summed E-state index contributed by atoms with van der Waals surface area (Å²) in [6.45, 7) is 5.53. The van der Waals surface area contributed by atoms with E-state index < -0.39 is 0 Å². The minimum absolute atomic E-state index is 0.0533. The first-order valence-electron chi connectivity index (χ1n) is 3.76. The van der Waals surface area contributed by atoms with Crippen LogP contribution < -0.4 is 5.73 Å². The molecule has 0 aliphatic heterocycles. The zero-order valence-corrected chi connectivity index (χ0v) is 7.08. The molecule has 0 bridgehead atoms. The van der Waals surface area contributed by atoms with Crippen molar-refractivity contribution in [1.29, 1.82) is 0 Å².